The summed E-state index contributed by atoms with van der Waals surface area (Å²) < 4.78 is 13.1. The molecule has 0 heterocycles. The van der Waals surface area contributed by atoms with Crippen molar-refractivity contribution in [2.75, 3.05) is 0 Å². The molecule has 1 fully saturated rings. The van der Waals surface area contributed by atoms with Crippen LogP contribution in [0.1, 0.15) is 51.1 Å². The van der Waals surface area contributed by atoms with Gasteiger partial charge in [-0.2, -0.15) is 0 Å². The monoisotopic (exact) mass is 292 g/mol. The van der Waals surface area contributed by atoms with E-state index < -0.39 is 0 Å². The molecule has 116 valence electrons. The van der Waals surface area contributed by atoms with Crippen molar-refractivity contribution in [3.05, 3.63) is 35.6 Å². The Morgan fingerprint density at radius 3 is 2.33 bits per heavy atom. The molecule has 3 unspecified atom stereocenters. The lowest BCUT2D eigenvalue weighted by molar-refractivity contribution is -0.126. The zero-order valence-electron chi connectivity index (χ0n) is 12.8. The molecule has 0 aliphatic heterocycles. The minimum absolute atomic E-state index is 0.0220. The van der Waals surface area contributed by atoms with Crippen LogP contribution in [0, 0.1) is 17.7 Å². The summed E-state index contributed by atoms with van der Waals surface area (Å²) in [4.78, 5) is 12.3. The second-order valence-electron chi connectivity index (χ2n) is 6.23. The minimum Gasteiger partial charge on any atom is -0.349 e. The van der Waals surface area contributed by atoms with E-state index in [4.69, 9.17) is 5.73 Å². The smallest absolute Gasteiger partial charge is 0.224 e. The first-order valence-corrected chi connectivity index (χ1v) is 7.80. The summed E-state index contributed by atoms with van der Waals surface area (Å²) in [7, 11) is 0. The highest BCUT2D eigenvalue weighted by Crippen LogP contribution is 2.36. The Hall–Kier alpha value is -1.42. The van der Waals surface area contributed by atoms with Gasteiger partial charge in [0.25, 0.3) is 0 Å². The normalized spacial score (nSPS) is 20.0. The third kappa shape index (κ3) is 4.03. The van der Waals surface area contributed by atoms with E-state index in [-0.39, 0.29) is 29.7 Å². The Bertz CT molecular complexity index is 466. The maximum Gasteiger partial charge on any atom is 0.224 e. The van der Waals surface area contributed by atoms with Crippen molar-refractivity contribution in [1.82, 2.24) is 5.32 Å². The number of rotatable bonds is 5. The lowest BCUT2D eigenvalue weighted by Crippen LogP contribution is -2.41. The predicted octanol–water partition coefficient (Wildman–Crippen LogP) is 3.16. The molecule has 0 aromatic heterocycles. The van der Waals surface area contributed by atoms with Crippen molar-refractivity contribution >= 4 is 5.91 Å². The van der Waals surface area contributed by atoms with Crippen molar-refractivity contribution in [3.63, 3.8) is 0 Å². The van der Waals surface area contributed by atoms with Crippen molar-refractivity contribution < 1.29 is 9.18 Å². The molecule has 3 N–H and O–H groups in total. The lowest BCUT2D eigenvalue weighted by Gasteiger charge is -2.27. The molecular weight excluding hydrogens is 267 g/mol. The number of benzene rings is 1. The summed E-state index contributed by atoms with van der Waals surface area (Å²) >= 11 is 0. The van der Waals surface area contributed by atoms with E-state index in [1.54, 1.807) is 12.1 Å². The first-order chi connectivity index (χ1) is 9.99. The van der Waals surface area contributed by atoms with Gasteiger partial charge in [-0.05, 0) is 43.4 Å². The highest BCUT2D eigenvalue weighted by Gasteiger charge is 2.29. The largest absolute Gasteiger partial charge is 0.349 e. The molecule has 1 aromatic carbocycles. The van der Waals surface area contributed by atoms with E-state index in [1.165, 1.54) is 25.0 Å². The van der Waals surface area contributed by atoms with Gasteiger partial charge in [0.15, 0.2) is 0 Å². The molecule has 1 aromatic rings. The predicted molar refractivity (Wildman–Crippen MR) is 82.1 cm³/mol. The molecule has 1 amide bonds. The number of hydrogen-bond acceptors (Lipinski definition) is 2. The standard InChI is InChI=1S/C17H25FN2O/c1-11(12(2)19)17(21)20-16(13-5-3-4-6-13)14-7-9-15(18)10-8-14/h7-13,16H,3-6,19H2,1-2H3,(H,20,21). The zero-order chi connectivity index (χ0) is 15.4. The van der Waals surface area contributed by atoms with Gasteiger partial charge in [-0.25, -0.2) is 4.39 Å². The Balaban J connectivity index is 2.16. The quantitative estimate of drug-likeness (QED) is 0.876. The number of hydrogen-bond donors (Lipinski definition) is 2. The van der Waals surface area contributed by atoms with Crippen LogP contribution in [0.4, 0.5) is 4.39 Å². The fourth-order valence-electron chi connectivity index (χ4n) is 2.96. The van der Waals surface area contributed by atoms with Crippen LogP contribution in [0.5, 0.6) is 0 Å². The van der Waals surface area contributed by atoms with Gasteiger partial charge in [-0.15, -0.1) is 0 Å². The Labute approximate surface area is 126 Å². The summed E-state index contributed by atoms with van der Waals surface area (Å²) in [5.41, 5.74) is 6.79. The van der Waals surface area contributed by atoms with Crippen LogP contribution >= 0.6 is 0 Å². The van der Waals surface area contributed by atoms with Crippen molar-refractivity contribution in [1.29, 1.82) is 0 Å². The second-order valence-corrected chi connectivity index (χ2v) is 6.23. The van der Waals surface area contributed by atoms with E-state index in [9.17, 15) is 9.18 Å². The van der Waals surface area contributed by atoms with Crippen molar-refractivity contribution in [2.45, 2.75) is 51.6 Å². The SMILES string of the molecule is CC(N)C(C)C(=O)NC(c1ccc(F)cc1)C1CCCC1. The van der Waals surface area contributed by atoms with Gasteiger partial charge >= 0.3 is 0 Å². The van der Waals surface area contributed by atoms with Crippen LogP contribution in [0.2, 0.25) is 0 Å². The fourth-order valence-corrected chi connectivity index (χ4v) is 2.96. The van der Waals surface area contributed by atoms with E-state index >= 15 is 0 Å². The number of carbonyl (C=O) groups excluding carboxylic acids is 1. The average molecular weight is 292 g/mol. The third-order valence-electron chi connectivity index (χ3n) is 4.60. The van der Waals surface area contributed by atoms with E-state index in [1.807, 2.05) is 13.8 Å². The van der Waals surface area contributed by atoms with Crippen LogP contribution in [-0.2, 0) is 4.79 Å². The number of nitrogens with one attached hydrogen (secondary N) is 1. The molecule has 0 radical (unpaired) electrons. The molecule has 0 saturated heterocycles. The molecular formula is C17H25FN2O. The van der Waals surface area contributed by atoms with Crippen molar-refractivity contribution in [3.8, 4) is 0 Å². The Kier molecular flexibility index (Phi) is 5.34. The van der Waals surface area contributed by atoms with Crippen molar-refractivity contribution in [2.24, 2.45) is 17.6 Å². The van der Waals surface area contributed by atoms with Gasteiger partial charge < -0.3 is 11.1 Å². The average Bonchev–Trinajstić information content (AvgIpc) is 2.98. The van der Waals surface area contributed by atoms with Crippen LogP contribution < -0.4 is 11.1 Å². The van der Waals surface area contributed by atoms with Gasteiger partial charge in [-0.1, -0.05) is 31.9 Å². The van der Waals surface area contributed by atoms with Crippen LogP contribution in [0.15, 0.2) is 24.3 Å². The molecule has 1 aliphatic carbocycles. The molecule has 0 spiro atoms. The second kappa shape index (κ2) is 7.03. The first-order valence-electron chi connectivity index (χ1n) is 7.80. The zero-order valence-corrected chi connectivity index (χ0v) is 12.8. The molecule has 3 nitrogen and oxygen atoms in total. The van der Waals surface area contributed by atoms with E-state index in [0.29, 0.717) is 5.92 Å². The highest BCUT2D eigenvalue weighted by molar-refractivity contribution is 5.79. The minimum atomic E-state index is -0.251. The Morgan fingerprint density at radius 2 is 1.81 bits per heavy atom. The summed E-state index contributed by atoms with van der Waals surface area (Å²) in [6.07, 6.45) is 4.60. The highest BCUT2D eigenvalue weighted by atomic mass is 19.1. The van der Waals surface area contributed by atoms with Gasteiger partial charge in [0.05, 0.1) is 6.04 Å². The third-order valence-corrected chi connectivity index (χ3v) is 4.60. The van der Waals surface area contributed by atoms with Crippen LogP contribution in [-0.4, -0.2) is 11.9 Å². The molecule has 1 aliphatic rings. The number of carbonyl (C=O) groups is 1. The van der Waals surface area contributed by atoms with Gasteiger partial charge in [0, 0.05) is 12.0 Å². The van der Waals surface area contributed by atoms with Crippen LogP contribution in [0.3, 0.4) is 0 Å². The first kappa shape index (κ1) is 16.0. The fraction of sp³-hybridized carbons (Fsp3) is 0.588. The molecule has 3 atom stereocenters. The molecule has 21 heavy (non-hydrogen) atoms. The van der Waals surface area contributed by atoms with Gasteiger partial charge in [0.2, 0.25) is 5.91 Å². The van der Waals surface area contributed by atoms with E-state index in [2.05, 4.69) is 5.32 Å². The summed E-state index contributed by atoms with van der Waals surface area (Å²) in [5, 5.41) is 3.13. The van der Waals surface area contributed by atoms with Crippen LogP contribution in [0.25, 0.3) is 0 Å². The summed E-state index contributed by atoms with van der Waals surface area (Å²) in [6.45, 7) is 3.68. The maximum absolute atomic E-state index is 13.1. The molecule has 2 rings (SSSR count). The Morgan fingerprint density at radius 1 is 1.24 bits per heavy atom. The molecule has 4 heteroatoms. The molecule has 0 bridgehead atoms. The van der Waals surface area contributed by atoms with Gasteiger partial charge in [-0.3, -0.25) is 4.79 Å². The number of amides is 1. The number of nitrogens with two attached hydrogens (primary N) is 1. The molecule has 1 saturated carbocycles. The topological polar surface area (TPSA) is 55.1 Å². The summed E-state index contributed by atoms with van der Waals surface area (Å²) in [6, 6.07) is 6.24. The number of halogens is 1. The van der Waals surface area contributed by atoms with Gasteiger partial charge in [0.1, 0.15) is 5.82 Å². The summed E-state index contributed by atoms with van der Waals surface area (Å²) in [5.74, 6) is -0.0699. The lowest BCUT2D eigenvalue weighted by atomic mass is 9.90. The van der Waals surface area contributed by atoms with E-state index in [0.717, 1.165) is 18.4 Å². The maximum atomic E-state index is 13.1.